The molecule has 0 aromatic rings. The van der Waals surface area contributed by atoms with Gasteiger partial charge in [-0.15, -0.1) is 0 Å². The molecule has 3 aliphatic rings. The van der Waals surface area contributed by atoms with Crippen molar-refractivity contribution in [1.82, 2.24) is 9.80 Å². The highest BCUT2D eigenvalue weighted by atomic mass is 16.5. The Balaban J connectivity index is 1.76. The Hall–Kier alpha value is -1.26. The molecule has 0 radical (unpaired) electrons. The van der Waals surface area contributed by atoms with Crippen molar-refractivity contribution in [1.29, 1.82) is 0 Å². The molecule has 0 saturated carbocycles. The van der Waals surface area contributed by atoms with Gasteiger partial charge in [0.25, 0.3) is 0 Å². The third-order valence-corrected chi connectivity index (χ3v) is 4.61. The molecule has 3 atom stereocenters. The van der Waals surface area contributed by atoms with Crippen molar-refractivity contribution in [3.63, 3.8) is 0 Å². The lowest BCUT2D eigenvalue weighted by Crippen LogP contribution is -2.61. The van der Waals surface area contributed by atoms with Crippen molar-refractivity contribution in [3.05, 3.63) is 0 Å². The van der Waals surface area contributed by atoms with Crippen molar-refractivity contribution in [2.45, 2.75) is 31.7 Å². The van der Waals surface area contributed by atoms with Gasteiger partial charge in [-0.1, -0.05) is 0 Å². The van der Waals surface area contributed by atoms with Crippen molar-refractivity contribution in [3.8, 4) is 0 Å². The minimum atomic E-state index is -0.222. The molecule has 3 rings (SSSR count). The number of hydrogen-bond acceptors (Lipinski definition) is 3. The van der Waals surface area contributed by atoms with Crippen LogP contribution in [0.5, 0.6) is 0 Å². The number of hydrogen-bond donors (Lipinski definition) is 0. The zero-order chi connectivity index (χ0) is 12.7. The minimum absolute atomic E-state index is 0.222. The number of carbonyl (C=O) groups is 2. The normalized spacial score (nSPS) is 35.2. The summed E-state index contributed by atoms with van der Waals surface area (Å²) in [6.07, 6.45) is 3.73. The van der Waals surface area contributed by atoms with Crippen LogP contribution in [0.2, 0.25) is 0 Å². The van der Waals surface area contributed by atoms with Crippen LogP contribution in [0.1, 0.15) is 25.7 Å². The number of carbonyl (C=O) groups excluding carboxylic acids is 2. The summed E-state index contributed by atoms with van der Waals surface area (Å²) in [5, 5.41) is 0. The monoisotopic (exact) mass is 252 g/mol. The van der Waals surface area contributed by atoms with Gasteiger partial charge in [0.1, 0.15) is 0 Å². The van der Waals surface area contributed by atoms with Crippen LogP contribution >= 0.6 is 0 Å². The van der Waals surface area contributed by atoms with Gasteiger partial charge < -0.3 is 14.5 Å². The average molecular weight is 252 g/mol. The summed E-state index contributed by atoms with van der Waals surface area (Å²) in [6, 6.07) is 0.356. The van der Waals surface area contributed by atoms with E-state index in [4.69, 9.17) is 4.74 Å². The zero-order valence-corrected chi connectivity index (χ0v) is 10.8. The third-order valence-electron chi connectivity index (χ3n) is 4.61. The highest BCUT2D eigenvalue weighted by molar-refractivity contribution is 5.77. The number of amides is 2. The number of methoxy groups -OCH3 is 1. The van der Waals surface area contributed by atoms with E-state index in [-0.39, 0.29) is 6.09 Å². The van der Waals surface area contributed by atoms with Crippen LogP contribution in [0.25, 0.3) is 0 Å². The number of ether oxygens (including phenoxy) is 1. The molecule has 2 bridgehead atoms. The van der Waals surface area contributed by atoms with Gasteiger partial charge in [0.2, 0.25) is 5.91 Å². The summed E-state index contributed by atoms with van der Waals surface area (Å²) < 4.78 is 4.82. The molecule has 5 heteroatoms. The van der Waals surface area contributed by atoms with Gasteiger partial charge in [-0.3, -0.25) is 4.79 Å². The van der Waals surface area contributed by atoms with Gasteiger partial charge in [0, 0.05) is 32.1 Å². The molecule has 3 fully saturated rings. The summed E-state index contributed by atoms with van der Waals surface area (Å²) in [5.74, 6) is 1.19. The molecule has 3 aliphatic heterocycles. The molecule has 0 unspecified atom stereocenters. The predicted molar refractivity (Wildman–Crippen MR) is 64.9 cm³/mol. The largest absolute Gasteiger partial charge is 0.453 e. The predicted octanol–water partition coefficient (Wildman–Crippen LogP) is 1.09. The molecular weight excluding hydrogens is 232 g/mol. The molecule has 2 amide bonds. The fraction of sp³-hybridized carbons (Fsp3) is 0.846. The van der Waals surface area contributed by atoms with Gasteiger partial charge in [0.05, 0.1) is 7.11 Å². The highest BCUT2D eigenvalue weighted by Crippen LogP contribution is 2.37. The molecule has 0 spiro atoms. The maximum absolute atomic E-state index is 12.0. The van der Waals surface area contributed by atoms with Crippen molar-refractivity contribution < 1.29 is 14.3 Å². The molecule has 0 aromatic carbocycles. The van der Waals surface area contributed by atoms with Crippen LogP contribution < -0.4 is 0 Å². The van der Waals surface area contributed by atoms with E-state index in [0.717, 1.165) is 38.9 Å². The number of nitrogens with zero attached hydrogens (tertiary/aromatic N) is 2. The van der Waals surface area contributed by atoms with Gasteiger partial charge in [0.15, 0.2) is 0 Å². The van der Waals surface area contributed by atoms with Crippen molar-refractivity contribution >= 4 is 12.0 Å². The summed E-state index contributed by atoms with van der Waals surface area (Å²) in [4.78, 5) is 27.5. The van der Waals surface area contributed by atoms with Crippen LogP contribution in [0.15, 0.2) is 0 Å². The molecular formula is C13H20N2O3. The smallest absolute Gasteiger partial charge is 0.409 e. The van der Waals surface area contributed by atoms with E-state index in [1.165, 1.54) is 7.11 Å². The van der Waals surface area contributed by atoms with E-state index in [2.05, 4.69) is 4.90 Å². The number of rotatable bonds is 0. The van der Waals surface area contributed by atoms with Crippen molar-refractivity contribution in [2.75, 3.05) is 26.7 Å². The van der Waals surface area contributed by atoms with Crippen LogP contribution in [0.3, 0.4) is 0 Å². The molecule has 0 aliphatic carbocycles. The second-order valence-corrected chi connectivity index (χ2v) is 5.74. The number of piperidine rings is 3. The standard InChI is InChI=1S/C13H20N2O3/c1-18-13(17)14-6-9-5-10(8-14)11-3-2-4-12(16)15(11)7-9/h9-11H,2-8H2,1H3/t9-,10-,11-/m0/s1. The van der Waals surface area contributed by atoms with Crippen LogP contribution in [-0.4, -0.2) is 54.6 Å². The summed E-state index contributed by atoms with van der Waals surface area (Å²) in [6.45, 7) is 2.31. The highest BCUT2D eigenvalue weighted by Gasteiger charge is 2.44. The van der Waals surface area contributed by atoms with Crippen molar-refractivity contribution in [2.24, 2.45) is 11.8 Å². The van der Waals surface area contributed by atoms with Gasteiger partial charge in [-0.2, -0.15) is 0 Å². The Bertz CT molecular complexity index is 371. The lowest BCUT2D eigenvalue weighted by atomic mass is 9.76. The van der Waals surface area contributed by atoms with Crippen LogP contribution in [0, 0.1) is 11.8 Å². The van der Waals surface area contributed by atoms with Gasteiger partial charge in [-0.25, -0.2) is 4.79 Å². The Morgan fingerprint density at radius 3 is 2.94 bits per heavy atom. The first kappa shape index (κ1) is 11.8. The van der Waals surface area contributed by atoms with E-state index in [1.54, 1.807) is 0 Å². The van der Waals surface area contributed by atoms with E-state index < -0.39 is 0 Å². The minimum Gasteiger partial charge on any atom is -0.453 e. The fourth-order valence-corrected chi connectivity index (χ4v) is 3.89. The Morgan fingerprint density at radius 1 is 1.33 bits per heavy atom. The van der Waals surface area contributed by atoms with E-state index in [1.807, 2.05) is 4.90 Å². The van der Waals surface area contributed by atoms with E-state index in [0.29, 0.717) is 30.2 Å². The summed E-state index contributed by atoms with van der Waals surface area (Å²) >= 11 is 0. The molecule has 18 heavy (non-hydrogen) atoms. The second kappa shape index (κ2) is 4.44. The van der Waals surface area contributed by atoms with E-state index in [9.17, 15) is 9.59 Å². The molecule has 0 aromatic heterocycles. The Morgan fingerprint density at radius 2 is 2.17 bits per heavy atom. The molecule has 100 valence electrons. The lowest BCUT2D eigenvalue weighted by molar-refractivity contribution is -0.144. The average Bonchev–Trinajstić information content (AvgIpc) is 2.39. The molecule has 3 heterocycles. The fourth-order valence-electron chi connectivity index (χ4n) is 3.89. The van der Waals surface area contributed by atoms with Crippen LogP contribution in [0.4, 0.5) is 4.79 Å². The van der Waals surface area contributed by atoms with Gasteiger partial charge in [-0.05, 0) is 31.1 Å². The summed E-state index contributed by atoms with van der Waals surface area (Å²) in [5.41, 5.74) is 0. The second-order valence-electron chi connectivity index (χ2n) is 5.74. The first-order valence-corrected chi connectivity index (χ1v) is 6.81. The van der Waals surface area contributed by atoms with Gasteiger partial charge >= 0.3 is 6.09 Å². The maximum Gasteiger partial charge on any atom is 0.409 e. The van der Waals surface area contributed by atoms with E-state index >= 15 is 0 Å². The quantitative estimate of drug-likeness (QED) is 0.648. The van der Waals surface area contributed by atoms with Crippen LogP contribution in [-0.2, 0) is 9.53 Å². The molecule has 5 nitrogen and oxygen atoms in total. The molecule has 0 N–H and O–H groups in total. The number of fused-ring (bicyclic) bond motifs is 4. The lowest BCUT2D eigenvalue weighted by Gasteiger charge is -2.52. The Kier molecular flexibility index (Phi) is 2.92. The SMILES string of the molecule is COC(=O)N1C[C@@H]2C[C@@H](C1)[C@@H]1CCCC(=O)N1C2. The topological polar surface area (TPSA) is 49.9 Å². The first-order chi connectivity index (χ1) is 8.69. The summed E-state index contributed by atoms with van der Waals surface area (Å²) in [7, 11) is 1.43. The third kappa shape index (κ3) is 1.85. The molecule has 3 saturated heterocycles. The first-order valence-electron chi connectivity index (χ1n) is 6.81. The number of likely N-dealkylation sites (tertiary alicyclic amines) is 1. The maximum atomic E-state index is 12.0. The zero-order valence-electron chi connectivity index (χ0n) is 10.8. The Labute approximate surface area is 107 Å².